The Morgan fingerprint density at radius 2 is 1.70 bits per heavy atom. The lowest BCUT2D eigenvalue weighted by atomic mass is 10.1. The molecular weight excluding hydrogens is 382 g/mol. The summed E-state index contributed by atoms with van der Waals surface area (Å²) in [6, 6.07) is 15.8. The SMILES string of the molecule is CCC(CS(=O)(=O)c1ccccc1)NC(=NC)NC(C)c1ccccc1Cl. The molecular formula is C20H26ClN3O2S. The average Bonchev–Trinajstić information content (AvgIpc) is 2.67. The zero-order valence-electron chi connectivity index (χ0n) is 15.8. The van der Waals surface area contributed by atoms with Crippen LogP contribution in [-0.4, -0.2) is 33.2 Å². The molecule has 0 bridgehead atoms. The van der Waals surface area contributed by atoms with Crippen LogP contribution < -0.4 is 10.6 Å². The summed E-state index contributed by atoms with van der Waals surface area (Å²) < 4.78 is 25.3. The van der Waals surface area contributed by atoms with Crippen molar-refractivity contribution in [2.45, 2.75) is 37.2 Å². The molecule has 7 heteroatoms. The second kappa shape index (κ2) is 9.76. The van der Waals surface area contributed by atoms with Crippen LogP contribution in [0, 0.1) is 0 Å². The fourth-order valence-corrected chi connectivity index (χ4v) is 4.64. The van der Waals surface area contributed by atoms with Crippen LogP contribution in [0.1, 0.15) is 31.9 Å². The van der Waals surface area contributed by atoms with Gasteiger partial charge in [0.15, 0.2) is 15.8 Å². The summed E-state index contributed by atoms with van der Waals surface area (Å²) >= 11 is 6.25. The van der Waals surface area contributed by atoms with E-state index in [0.29, 0.717) is 22.3 Å². The molecule has 2 atom stereocenters. The average molecular weight is 408 g/mol. The van der Waals surface area contributed by atoms with Crippen LogP contribution in [0.25, 0.3) is 0 Å². The minimum atomic E-state index is -3.38. The van der Waals surface area contributed by atoms with Crippen LogP contribution in [0.3, 0.4) is 0 Å². The number of sulfone groups is 1. The molecule has 0 spiro atoms. The van der Waals surface area contributed by atoms with Crippen molar-refractivity contribution in [2.75, 3.05) is 12.8 Å². The van der Waals surface area contributed by atoms with E-state index >= 15 is 0 Å². The van der Waals surface area contributed by atoms with E-state index in [1.165, 1.54) is 0 Å². The summed E-state index contributed by atoms with van der Waals surface area (Å²) in [5.41, 5.74) is 0.951. The van der Waals surface area contributed by atoms with Crippen LogP contribution in [0.5, 0.6) is 0 Å². The first-order valence-electron chi connectivity index (χ1n) is 8.89. The molecule has 0 aliphatic carbocycles. The second-order valence-corrected chi connectivity index (χ2v) is 8.75. The van der Waals surface area contributed by atoms with E-state index in [0.717, 1.165) is 5.56 Å². The third-order valence-electron chi connectivity index (χ3n) is 4.31. The Bertz CT molecular complexity index is 870. The van der Waals surface area contributed by atoms with Crippen molar-refractivity contribution < 1.29 is 8.42 Å². The highest BCUT2D eigenvalue weighted by atomic mass is 35.5. The number of halogens is 1. The summed E-state index contributed by atoms with van der Waals surface area (Å²) in [5.74, 6) is 0.534. The molecule has 2 N–H and O–H groups in total. The Balaban J connectivity index is 2.06. The zero-order chi connectivity index (χ0) is 19.9. The third-order valence-corrected chi connectivity index (χ3v) is 6.48. The molecule has 2 aromatic rings. The molecule has 0 heterocycles. The molecule has 2 rings (SSSR count). The predicted molar refractivity (Wildman–Crippen MR) is 112 cm³/mol. The lowest BCUT2D eigenvalue weighted by molar-refractivity contribution is 0.565. The monoisotopic (exact) mass is 407 g/mol. The molecule has 0 aliphatic rings. The third kappa shape index (κ3) is 5.97. The maximum atomic E-state index is 12.6. The van der Waals surface area contributed by atoms with E-state index in [-0.39, 0.29) is 17.8 Å². The number of guanidine groups is 1. The van der Waals surface area contributed by atoms with E-state index in [1.54, 1.807) is 37.4 Å². The van der Waals surface area contributed by atoms with Crippen molar-refractivity contribution in [2.24, 2.45) is 4.99 Å². The van der Waals surface area contributed by atoms with Gasteiger partial charge in [-0.2, -0.15) is 0 Å². The first kappa shape index (κ1) is 21.3. The summed E-state index contributed by atoms with van der Waals surface area (Å²) in [5, 5.41) is 7.16. The maximum Gasteiger partial charge on any atom is 0.191 e. The van der Waals surface area contributed by atoms with Crippen molar-refractivity contribution in [1.82, 2.24) is 10.6 Å². The molecule has 0 amide bonds. The molecule has 0 saturated heterocycles. The van der Waals surface area contributed by atoms with Crippen molar-refractivity contribution in [1.29, 1.82) is 0 Å². The smallest absolute Gasteiger partial charge is 0.191 e. The highest BCUT2D eigenvalue weighted by molar-refractivity contribution is 7.91. The zero-order valence-corrected chi connectivity index (χ0v) is 17.4. The molecule has 0 aliphatic heterocycles. The minimum absolute atomic E-state index is 0.00527. The Morgan fingerprint density at radius 3 is 2.30 bits per heavy atom. The molecule has 146 valence electrons. The molecule has 0 radical (unpaired) electrons. The van der Waals surface area contributed by atoms with Crippen LogP contribution in [0.2, 0.25) is 5.02 Å². The number of nitrogens with zero attached hydrogens (tertiary/aromatic N) is 1. The van der Waals surface area contributed by atoms with Crippen LogP contribution in [-0.2, 0) is 9.84 Å². The van der Waals surface area contributed by atoms with Crippen molar-refractivity contribution in [3.05, 3.63) is 65.2 Å². The lowest BCUT2D eigenvalue weighted by Crippen LogP contribution is -2.46. The van der Waals surface area contributed by atoms with E-state index in [2.05, 4.69) is 15.6 Å². The van der Waals surface area contributed by atoms with Gasteiger partial charge in [0.2, 0.25) is 0 Å². The van der Waals surface area contributed by atoms with Gasteiger partial charge < -0.3 is 10.6 Å². The number of benzene rings is 2. The van der Waals surface area contributed by atoms with Gasteiger partial charge in [-0.1, -0.05) is 54.9 Å². The topological polar surface area (TPSA) is 70.6 Å². The standard InChI is InChI=1S/C20H26ClN3O2S/c1-4-16(14-27(25,26)17-10-6-5-7-11-17)24-20(22-3)23-15(2)18-12-8-9-13-19(18)21/h5-13,15-16H,4,14H2,1-3H3,(H2,22,23,24). The van der Waals surface area contributed by atoms with E-state index in [1.807, 2.05) is 38.1 Å². The summed E-state index contributed by atoms with van der Waals surface area (Å²) in [6.07, 6.45) is 0.646. The lowest BCUT2D eigenvalue weighted by Gasteiger charge is -2.23. The first-order chi connectivity index (χ1) is 12.9. The summed E-state index contributed by atoms with van der Waals surface area (Å²) in [6.45, 7) is 3.93. The fourth-order valence-electron chi connectivity index (χ4n) is 2.72. The minimum Gasteiger partial charge on any atom is -0.353 e. The van der Waals surface area contributed by atoms with Crippen LogP contribution in [0.4, 0.5) is 0 Å². The van der Waals surface area contributed by atoms with Crippen molar-refractivity contribution >= 4 is 27.4 Å². The molecule has 5 nitrogen and oxygen atoms in total. The van der Waals surface area contributed by atoms with Gasteiger partial charge in [-0.05, 0) is 37.1 Å². The summed E-state index contributed by atoms with van der Waals surface area (Å²) in [4.78, 5) is 4.56. The normalized spacial score (nSPS) is 14.4. The second-order valence-electron chi connectivity index (χ2n) is 6.30. The van der Waals surface area contributed by atoms with E-state index in [9.17, 15) is 8.42 Å². The molecule has 0 aromatic heterocycles. The number of nitrogens with one attached hydrogen (secondary N) is 2. The highest BCUT2D eigenvalue weighted by Gasteiger charge is 2.21. The van der Waals surface area contributed by atoms with Gasteiger partial charge in [-0.3, -0.25) is 4.99 Å². The van der Waals surface area contributed by atoms with Crippen molar-refractivity contribution in [3.63, 3.8) is 0 Å². The number of aliphatic imine (C=N–C) groups is 1. The van der Waals surface area contributed by atoms with Gasteiger partial charge >= 0.3 is 0 Å². The highest BCUT2D eigenvalue weighted by Crippen LogP contribution is 2.22. The fraction of sp³-hybridized carbons (Fsp3) is 0.350. The number of rotatable bonds is 7. The van der Waals surface area contributed by atoms with Gasteiger partial charge in [-0.25, -0.2) is 8.42 Å². The van der Waals surface area contributed by atoms with Gasteiger partial charge in [0.05, 0.1) is 16.7 Å². The van der Waals surface area contributed by atoms with Gasteiger partial charge in [0, 0.05) is 18.1 Å². The molecule has 2 aromatic carbocycles. The van der Waals surface area contributed by atoms with Crippen LogP contribution >= 0.6 is 11.6 Å². The maximum absolute atomic E-state index is 12.6. The Kier molecular flexibility index (Phi) is 7.68. The number of hydrogen-bond acceptors (Lipinski definition) is 3. The molecule has 0 fully saturated rings. The van der Waals surface area contributed by atoms with Gasteiger partial charge in [0.1, 0.15) is 0 Å². The predicted octanol–water partition coefficient (Wildman–Crippen LogP) is 3.82. The largest absolute Gasteiger partial charge is 0.353 e. The molecule has 2 unspecified atom stereocenters. The van der Waals surface area contributed by atoms with E-state index in [4.69, 9.17) is 11.6 Å². The quantitative estimate of drug-likeness (QED) is 0.540. The van der Waals surface area contributed by atoms with Gasteiger partial charge in [0.25, 0.3) is 0 Å². The molecule has 0 saturated carbocycles. The van der Waals surface area contributed by atoms with E-state index < -0.39 is 9.84 Å². The summed E-state index contributed by atoms with van der Waals surface area (Å²) in [7, 11) is -1.72. The molecule has 27 heavy (non-hydrogen) atoms. The van der Waals surface area contributed by atoms with Crippen LogP contribution in [0.15, 0.2) is 64.5 Å². The van der Waals surface area contributed by atoms with Gasteiger partial charge in [-0.15, -0.1) is 0 Å². The Labute approximate surface area is 166 Å². The first-order valence-corrected chi connectivity index (χ1v) is 10.9. The number of hydrogen-bond donors (Lipinski definition) is 2. The Hall–Kier alpha value is -2.05. The van der Waals surface area contributed by atoms with Crippen molar-refractivity contribution in [3.8, 4) is 0 Å². The Morgan fingerprint density at radius 1 is 1.07 bits per heavy atom.